The first kappa shape index (κ1) is 17.0. The molecular weight excluding hydrogens is 308 g/mol. The molecule has 0 aliphatic carbocycles. The molecule has 23 heavy (non-hydrogen) atoms. The van der Waals surface area contributed by atoms with E-state index in [1.807, 2.05) is 44.4 Å². The fourth-order valence-corrected chi connectivity index (χ4v) is 2.79. The Balaban J connectivity index is 1.87. The molecule has 0 radical (unpaired) electrons. The minimum Gasteiger partial charge on any atom is -0.383 e. The van der Waals surface area contributed by atoms with Crippen LogP contribution in [0.25, 0.3) is 0 Å². The Bertz CT molecular complexity index is 690. The van der Waals surface area contributed by atoms with Gasteiger partial charge in [-0.15, -0.1) is 11.3 Å². The molecule has 1 N–H and O–H groups in total. The Morgan fingerprint density at radius 2 is 1.78 bits per heavy atom. The molecule has 1 amide bonds. The van der Waals surface area contributed by atoms with Crippen LogP contribution < -0.4 is 5.32 Å². The maximum atomic E-state index is 12.1. The molecule has 2 aromatic rings. The van der Waals surface area contributed by atoms with Gasteiger partial charge in [0.25, 0.3) is 5.91 Å². The largest absolute Gasteiger partial charge is 0.383 e. The van der Waals surface area contributed by atoms with Crippen molar-refractivity contribution in [2.45, 2.75) is 6.42 Å². The maximum absolute atomic E-state index is 12.1. The van der Waals surface area contributed by atoms with Crippen molar-refractivity contribution in [2.24, 2.45) is 0 Å². The summed E-state index contributed by atoms with van der Waals surface area (Å²) in [7, 11) is 3.70. The molecule has 1 aromatic carbocycles. The van der Waals surface area contributed by atoms with Crippen molar-refractivity contribution < 1.29 is 9.59 Å². The number of hydrogen-bond acceptors (Lipinski definition) is 4. The van der Waals surface area contributed by atoms with Crippen LogP contribution in [0.15, 0.2) is 54.7 Å². The number of nitrogens with one attached hydrogen (secondary N) is 1. The van der Waals surface area contributed by atoms with Gasteiger partial charge in [-0.1, -0.05) is 30.3 Å². The number of carbonyl (C=O) groups excluding carboxylic acids is 2. The zero-order valence-electron chi connectivity index (χ0n) is 13.3. The lowest BCUT2D eigenvalue weighted by Gasteiger charge is -2.03. The molecule has 0 aliphatic heterocycles. The number of ketones is 1. The van der Waals surface area contributed by atoms with E-state index in [1.165, 1.54) is 23.0 Å². The van der Waals surface area contributed by atoms with E-state index in [4.69, 9.17) is 0 Å². The zero-order valence-corrected chi connectivity index (χ0v) is 14.1. The van der Waals surface area contributed by atoms with E-state index < -0.39 is 0 Å². The van der Waals surface area contributed by atoms with Crippen LogP contribution in [0.1, 0.15) is 24.9 Å². The van der Waals surface area contributed by atoms with Gasteiger partial charge in [0, 0.05) is 32.9 Å². The predicted octanol–water partition coefficient (Wildman–Crippen LogP) is 2.98. The topological polar surface area (TPSA) is 49.4 Å². The first-order valence-corrected chi connectivity index (χ1v) is 8.19. The van der Waals surface area contributed by atoms with Crippen molar-refractivity contribution in [2.75, 3.05) is 20.6 Å². The number of benzene rings is 1. The Labute approximate surface area is 140 Å². The minimum atomic E-state index is -0.137. The van der Waals surface area contributed by atoms with Crippen LogP contribution >= 0.6 is 11.3 Å². The number of hydrogen-bond donors (Lipinski definition) is 1. The Morgan fingerprint density at radius 3 is 2.48 bits per heavy atom. The molecule has 5 heteroatoms. The summed E-state index contributed by atoms with van der Waals surface area (Å²) in [6, 6.07) is 13.4. The van der Waals surface area contributed by atoms with Crippen LogP contribution in [-0.4, -0.2) is 37.2 Å². The van der Waals surface area contributed by atoms with Crippen LogP contribution in [0.3, 0.4) is 0 Å². The van der Waals surface area contributed by atoms with E-state index >= 15 is 0 Å². The minimum absolute atomic E-state index is 0.0907. The van der Waals surface area contributed by atoms with Gasteiger partial charge >= 0.3 is 0 Å². The van der Waals surface area contributed by atoms with Crippen LogP contribution in [0, 0.1) is 0 Å². The van der Waals surface area contributed by atoms with Gasteiger partial charge in [0.05, 0.1) is 9.75 Å². The normalized spacial score (nSPS) is 10.7. The summed E-state index contributed by atoms with van der Waals surface area (Å²) < 4.78 is 0. The summed E-state index contributed by atoms with van der Waals surface area (Å²) in [4.78, 5) is 27.0. The van der Waals surface area contributed by atoms with Crippen molar-refractivity contribution in [1.82, 2.24) is 10.2 Å². The van der Waals surface area contributed by atoms with Gasteiger partial charge in [-0.2, -0.15) is 0 Å². The Hall–Kier alpha value is -2.40. The second-order valence-corrected chi connectivity index (χ2v) is 6.38. The SMILES string of the molecule is CN(C)/C=C/C(=O)c1ccc(C(=O)NCCc2ccccc2)s1. The van der Waals surface area contributed by atoms with Crippen molar-refractivity contribution in [3.63, 3.8) is 0 Å². The number of thiophene rings is 1. The highest BCUT2D eigenvalue weighted by atomic mass is 32.1. The van der Waals surface area contributed by atoms with Gasteiger partial charge in [0.1, 0.15) is 0 Å². The van der Waals surface area contributed by atoms with E-state index in [-0.39, 0.29) is 11.7 Å². The van der Waals surface area contributed by atoms with Gasteiger partial charge in [0.2, 0.25) is 0 Å². The number of allylic oxidation sites excluding steroid dienone is 1. The van der Waals surface area contributed by atoms with E-state index in [2.05, 4.69) is 5.32 Å². The molecule has 0 saturated heterocycles. The first-order valence-electron chi connectivity index (χ1n) is 7.37. The fraction of sp³-hybridized carbons (Fsp3) is 0.222. The highest BCUT2D eigenvalue weighted by Crippen LogP contribution is 2.17. The van der Waals surface area contributed by atoms with Gasteiger partial charge in [-0.25, -0.2) is 0 Å². The number of nitrogens with zero attached hydrogens (tertiary/aromatic N) is 1. The molecule has 1 heterocycles. The molecule has 0 unspecified atom stereocenters. The van der Waals surface area contributed by atoms with Crippen LogP contribution in [0.2, 0.25) is 0 Å². The summed E-state index contributed by atoms with van der Waals surface area (Å²) in [5.74, 6) is -0.228. The Kier molecular flexibility index (Phi) is 6.11. The third-order valence-electron chi connectivity index (χ3n) is 3.14. The van der Waals surface area contributed by atoms with Crippen molar-refractivity contribution in [3.8, 4) is 0 Å². The summed E-state index contributed by atoms with van der Waals surface area (Å²) in [6.45, 7) is 0.574. The molecule has 0 spiro atoms. The molecule has 1 aromatic heterocycles. The van der Waals surface area contributed by atoms with Crippen LogP contribution in [0.4, 0.5) is 0 Å². The van der Waals surface area contributed by atoms with E-state index in [9.17, 15) is 9.59 Å². The van der Waals surface area contributed by atoms with Gasteiger partial charge < -0.3 is 10.2 Å². The van der Waals surface area contributed by atoms with Crippen LogP contribution in [0.5, 0.6) is 0 Å². The molecule has 0 bridgehead atoms. The third kappa shape index (κ3) is 5.38. The van der Waals surface area contributed by atoms with E-state index in [1.54, 1.807) is 23.2 Å². The van der Waals surface area contributed by atoms with Gasteiger partial charge in [0.15, 0.2) is 5.78 Å². The molecule has 120 valence electrons. The number of amides is 1. The lowest BCUT2D eigenvalue weighted by molar-refractivity contribution is 0.0957. The monoisotopic (exact) mass is 328 g/mol. The second-order valence-electron chi connectivity index (χ2n) is 5.30. The van der Waals surface area contributed by atoms with Crippen LogP contribution in [-0.2, 0) is 6.42 Å². The van der Waals surface area contributed by atoms with Gasteiger partial charge in [-0.3, -0.25) is 9.59 Å². The average molecular weight is 328 g/mol. The zero-order chi connectivity index (χ0) is 16.7. The summed E-state index contributed by atoms with van der Waals surface area (Å²) in [6.07, 6.45) is 3.99. The summed E-state index contributed by atoms with van der Waals surface area (Å²) >= 11 is 1.22. The number of carbonyl (C=O) groups is 2. The average Bonchev–Trinajstić information content (AvgIpc) is 3.03. The number of rotatable bonds is 7. The highest BCUT2D eigenvalue weighted by Gasteiger charge is 2.12. The molecule has 0 fully saturated rings. The molecule has 2 rings (SSSR count). The molecule has 0 saturated carbocycles. The summed E-state index contributed by atoms with van der Waals surface area (Å²) in [5, 5.41) is 2.88. The van der Waals surface area contributed by atoms with Crippen molar-refractivity contribution in [3.05, 3.63) is 70.1 Å². The standard InChI is InChI=1S/C18H20N2O2S/c1-20(2)13-11-15(21)16-8-9-17(23-16)18(22)19-12-10-14-6-4-3-5-7-14/h3-9,11,13H,10,12H2,1-2H3,(H,19,22)/b13-11+. The van der Waals surface area contributed by atoms with E-state index in [0.717, 1.165) is 6.42 Å². The molecule has 0 atom stereocenters. The lowest BCUT2D eigenvalue weighted by atomic mass is 10.1. The van der Waals surface area contributed by atoms with Crippen molar-refractivity contribution >= 4 is 23.0 Å². The molecule has 4 nitrogen and oxygen atoms in total. The molecular formula is C18H20N2O2S. The second kappa shape index (κ2) is 8.29. The summed E-state index contributed by atoms with van der Waals surface area (Å²) in [5.41, 5.74) is 1.18. The fourth-order valence-electron chi connectivity index (χ4n) is 1.94. The maximum Gasteiger partial charge on any atom is 0.261 e. The van der Waals surface area contributed by atoms with Crippen molar-refractivity contribution in [1.29, 1.82) is 0 Å². The molecule has 0 aliphatic rings. The Morgan fingerprint density at radius 1 is 1.09 bits per heavy atom. The quantitative estimate of drug-likeness (QED) is 0.628. The highest BCUT2D eigenvalue weighted by molar-refractivity contribution is 7.16. The predicted molar refractivity (Wildman–Crippen MR) is 94.0 cm³/mol. The smallest absolute Gasteiger partial charge is 0.261 e. The van der Waals surface area contributed by atoms with Gasteiger partial charge in [-0.05, 0) is 24.1 Å². The van der Waals surface area contributed by atoms with E-state index in [0.29, 0.717) is 16.3 Å². The third-order valence-corrected chi connectivity index (χ3v) is 4.24. The first-order chi connectivity index (χ1) is 11.1. The lowest BCUT2D eigenvalue weighted by Crippen LogP contribution is -2.24.